The lowest BCUT2D eigenvalue weighted by Gasteiger charge is -2.13. The van der Waals surface area contributed by atoms with Crippen LogP contribution in [0, 0.1) is 10.1 Å². The van der Waals surface area contributed by atoms with Crippen LogP contribution in [-0.4, -0.2) is 27.2 Å². The van der Waals surface area contributed by atoms with Crippen molar-refractivity contribution in [3.05, 3.63) is 64.2 Å². The molecule has 0 aliphatic heterocycles. The maximum Gasteiger partial charge on any atom is 0.326 e. The Kier molecular flexibility index (Phi) is 4.11. The highest BCUT2D eigenvalue weighted by atomic mass is 16.6. The summed E-state index contributed by atoms with van der Waals surface area (Å²) in [5.41, 5.74) is 0.959. The number of non-ortho nitro benzene ring substituents is 1. The largest absolute Gasteiger partial charge is 0.480 e. The monoisotopic (exact) mass is 327 g/mol. The summed E-state index contributed by atoms with van der Waals surface area (Å²) < 4.78 is 5.06. The van der Waals surface area contributed by atoms with Crippen molar-refractivity contribution in [2.75, 3.05) is 5.32 Å². The molecular formula is C16H13N3O5. The number of aromatic nitrogens is 1. The molecule has 1 aromatic heterocycles. The molecule has 3 rings (SSSR count). The van der Waals surface area contributed by atoms with Crippen LogP contribution in [-0.2, 0) is 11.2 Å². The number of nitro benzene ring substituents is 1. The van der Waals surface area contributed by atoms with Gasteiger partial charge in [0.05, 0.1) is 16.4 Å². The molecule has 0 saturated heterocycles. The fourth-order valence-electron chi connectivity index (χ4n) is 2.36. The van der Waals surface area contributed by atoms with Gasteiger partial charge in [0, 0.05) is 12.5 Å². The average molecular weight is 327 g/mol. The van der Waals surface area contributed by atoms with E-state index in [1.165, 1.54) is 18.2 Å². The van der Waals surface area contributed by atoms with Gasteiger partial charge in [-0.2, -0.15) is 0 Å². The molecule has 3 aromatic rings. The zero-order chi connectivity index (χ0) is 17.1. The molecule has 0 saturated carbocycles. The lowest BCUT2D eigenvalue weighted by molar-refractivity contribution is -0.384. The molecule has 2 N–H and O–H groups in total. The fourth-order valence-corrected chi connectivity index (χ4v) is 2.36. The number of carboxylic acid groups (broad SMARTS) is 1. The molecule has 0 amide bonds. The predicted molar refractivity (Wildman–Crippen MR) is 85.9 cm³/mol. The van der Waals surface area contributed by atoms with Crippen molar-refractivity contribution in [1.29, 1.82) is 0 Å². The molecule has 0 spiro atoms. The predicted octanol–water partition coefficient (Wildman–Crippen LogP) is 2.84. The van der Waals surface area contributed by atoms with Crippen LogP contribution in [0.2, 0.25) is 0 Å². The van der Waals surface area contributed by atoms with Crippen LogP contribution in [0.15, 0.2) is 53.1 Å². The van der Waals surface area contributed by atoms with Gasteiger partial charge in [0.25, 0.3) is 5.69 Å². The Balaban J connectivity index is 1.86. The minimum atomic E-state index is -1.03. The number of nitrogens with zero attached hydrogens (tertiary/aromatic N) is 2. The summed E-state index contributed by atoms with van der Waals surface area (Å²) in [4.78, 5) is 21.7. The number of rotatable bonds is 6. The van der Waals surface area contributed by atoms with Gasteiger partial charge in [-0.1, -0.05) is 35.5 Å². The van der Waals surface area contributed by atoms with Crippen LogP contribution in [0.5, 0.6) is 0 Å². The maximum atomic E-state index is 11.5. The van der Waals surface area contributed by atoms with E-state index in [-0.39, 0.29) is 23.5 Å². The van der Waals surface area contributed by atoms with Gasteiger partial charge in [0.2, 0.25) is 0 Å². The third-order valence-electron chi connectivity index (χ3n) is 3.56. The Labute approximate surface area is 135 Å². The molecule has 8 heteroatoms. The number of anilines is 1. The second-order valence-corrected chi connectivity index (χ2v) is 5.19. The molecule has 0 unspecified atom stereocenters. The van der Waals surface area contributed by atoms with Gasteiger partial charge in [0.15, 0.2) is 11.4 Å². The number of hydrogen-bond donors (Lipinski definition) is 2. The van der Waals surface area contributed by atoms with Crippen molar-refractivity contribution < 1.29 is 19.3 Å². The molecule has 0 bridgehead atoms. The summed E-state index contributed by atoms with van der Waals surface area (Å²) >= 11 is 0. The molecule has 1 atom stereocenters. The van der Waals surface area contributed by atoms with Crippen molar-refractivity contribution in [3.63, 3.8) is 0 Å². The van der Waals surface area contributed by atoms with E-state index in [0.29, 0.717) is 5.39 Å². The number of nitro groups is 1. The van der Waals surface area contributed by atoms with Gasteiger partial charge in [0.1, 0.15) is 6.04 Å². The quantitative estimate of drug-likeness (QED) is 0.528. The smallest absolute Gasteiger partial charge is 0.326 e. The minimum Gasteiger partial charge on any atom is -0.480 e. The Hall–Kier alpha value is -3.42. The molecule has 24 heavy (non-hydrogen) atoms. The first-order valence-electron chi connectivity index (χ1n) is 7.11. The van der Waals surface area contributed by atoms with Crippen molar-refractivity contribution in [2.24, 2.45) is 0 Å². The SMILES string of the molecule is O=C(O)[C@H](Cc1ccccc1)Nc1noc2cc([N+](=O)[O-])ccc12. The van der Waals surface area contributed by atoms with Crippen molar-refractivity contribution in [1.82, 2.24) is 5.16 Å². The topological polar surface area (TPSA) is 118 Å². The maximum absolute atomic E-state index is 11.5. The average Bonchev–Trinajstić information content (AvgIpc) is 2.97. The zero-order valence-electron chi connectivity index (χ0n) is 12.4. The Morgan fingerprint density at radius 3 is 2.71 bits per heavy atom. The summed E-state index contributed by atoms with van der Waals surface area (Å²) in [5.74, 6) is -0.792. The lowest BCUT2D eigenvalue weighted by atomic mass is 10.1. The van der Waals surface area contributed by atoms with Crippen molar-refractivity contribution in [2.45, 2.75) is 12.5 Å². The highest BCUT2D eigenvalue weighted by Crippen LogP contribution is 2.27. The van der Waals surface area contributed by atoms with E-state index in [9.17, 15) is 20.0 Å². The number of fused-ring (bicyclic) bond motifs is 1. The Morgan fingerprint density at radius 2 is 2.04 bits per heavy atom. The standard InChI is InChI=1S/C16H13N3O5/c20-16(21)13(8-10-4-2-1-3-5-10)17-15-12-7-6-11(19(22)23)9-14(12)24-18-15/h1-7,9,13H,8H2,(H,17,18)(H,20,21)/t13-/m0/s1. The summed E-state index contributed by atoms with van der Waals surface area (Å²) in [6.45, 7) is 0. The number of carbonyl (C=O) groups is 1. The van der Waals surface area contributed by atoms with Crippen LogP contribution in [0.3, 0.4) is 0 Å². The summed E-state index contributed by atoms with van der Waals surface area (Å²) in [6, 6.07) is 12.3. The molecule has 122 valence electrons. The van der Waals surface area contributed by atoms with Crippen LogP contribution < -0.4 is 5.32 Å². The molecule has 2 aromatic carbocycles. The summed E-state index contributed by atoms with van der Waals surface area (Å²) in [5, 5.41) is 27.3. The number of nitrogens with one attached hydrogen (secondary N) is 1. The summed E-state index contributed by atoms with van der Waals surface area (Å²) in [6.07, 6.45) is 0.261. The number of hydrogen-bond acceptors (Lipinski definition) is 6. The van der Waals surface area contributed by atoms with Gasteiger partial charge in [-0.25, -0.2) is 4.79 Å². The molecular weight excluding hydrogens is 314 g/mol. The van der Waals surface area contributed by atoms with E-state index in [1.807, 2.05) is 30.3 Å². The Morgan fingerprint density at radius 1 is 1.29 bits per heavy atom. The molecule has 1 heterocycles. The van der Waals surface area contributed by atoms with E-state index in [1.54, 1.807) is 0 Å². The van der Waals surface area contributed by atoms with Crippen molar-refractivity contribution in [3.8, 4) is 0 Å². The van der Waals surface area contributed by atoms with Gasteiger partial charge in [-0.3, -0.25) is 10.1 Å². The number of benzene rings is 2. The molecule has 0 radical (unpaired) electrons. The third kappa shape index (κ3) is 3.17. The second-order valence-electron chi connectivity index (χ2n) is 5.19. The minimum absolute atomic E-state index is 0.121. The van der Waals surface area contributed by atoms with Gasteiger partial charge < -0.3 is 14.9 Å². The first kappa shape index (κ1) is 15.5. The van der Waals surface area contributed by atoms with E-state index in [0.717, 1.165) is 5.56 Å². The normalized spacial score (nSPS) is 12.0. The zero-order valence-corrected chi connectivity index (χ0v) is 12.4. The van der Waals surface area contributed by atoms with E-state index in [2.05, 4.69) is 10.5 Å². The number of aliphatic carboxylic acids is 1. The lowest BCUT2D eigenvalue weighted by Crippen LogP contribution is -2.31. The van der Waals surface area contributed by atoms with Crippen LogP contribution in [0.1, 0.15) is 5.56 Å². The van der Waals surface area contributed by atoms with E-state index in [4.69, 9.17) is 4.52 Å². The van der Waals surface area contributed by atoms with Crippen LogP contribution in [0.4, 0.5) is 11.5 Å². The van der Waals surface area contributed by atoms with E-state index < -0.39 is 16.9 Å². The molecule has 0 aliphatic carbocycles. The van der Waals surface area contributed by atoms with Gasteiger partial charge in [-0.05, 0) is 11.6 Å². The first-order chi connectivity index (χ1) is 11.5. The third-order valence-corrected chi connectivity index (χ3v) is 3.56. The van der Waals surface area contributed by atoms with Gasteiger partial charge in [-0.15, -0.1) is 0 Å². The fraction of sp³-hybridized carbons (Fsp3) is 0.125. The van der Waals surface area contributed by atoms with Crippen LogP contribution >= 0.6 is 0 Å². The number of carboxylic acids is 1. The second kappa shape index (κ2) is 6.37. The summed E-state index contributed by atoms with van der Waals surface area (Å²) in [7, 11) is 0. The van der Waals surface area contributed by atoms with Crippen LogP contribution in [0.25, 0.3) is 11.0 Å². The van der Waals surface area contributed by atoms with Crippen molar-refractivity contribution >= 4 is 28.4 Å². The van der Waals surface area contributed by atoms with E-state index >= 15 is 0 Å². The highest BCUT2D eigenvalue weighted by molar-refractivity contribution is 5.91. The molecule has 0 fully saturated rings. The van der Waals surface area contributed by atoms with Gasteiger partial charge >= 0.3 is 5.97 Å². The molecule has 0 aliphatic rings. The molecule has 8 nitrogen and oxygen atoms in total. The highest BCUT2D eigenvalue weighted by Gasteiger charge is 2.21. The first-order valence-corrected chi connectivity index (χ1v) is 7.11. The Bertz CT molecular complexity index is 891.